The molecule has 2 aromatic carbocycles. The molecule has 0 bridgehead atoms. The number of carbonyl (C=O) groups excluding carboxylic acids is 3. The maximum Gasteiger partial charge on any atom is 0.328 e. The van der Waals surface area contributed by atoms with Crippen LogP contribution >= 0.6 is 0 Å². The fourth-order valence-electron chi connectivity index (χ4n) is 3.45. The molecule has 2 aromatic rings. The van der Waals surface area contributed by atoms with E-state index in [-0.39, 0.29) is 31.4 Å². The van der Waals surface area contributed by atoms with Crippen LogP contribution in [0.5, 0.6) is 0 Å². The van der Waals surface area contributed by atoms with E-state index in [0.717, 1.165) is 5.56 Å². The van der Waals surface area contributed by atoms with E-state index in [4.69, 9.17) is 10.2 Å². The van der Waals surface area contributed by atoms with Gasteiger partial charge in [0, 0.05) is 19.4 Å². The zero-order chi connectivity index (χ0) is 29.7. The molecule has 0 fully saturated rings. The van der Waals surface area contributed by atoms with Gasteiger partial charge in [0.1, 0.15) is 17.9 Å². The second kappa shape index (κ2) is 15.4. The van der Waals surface area contributed by atoms with Crippen LogP contribution in [0, 0.1) is 5.82 Å². The quantitative estimate of drug-likeness (QED) is 0.156. The van der Waals surface area contributed by atoms with Crippen molar-refractivity contribution < 1.29 is 48.5 Å². The molecule has 0 saturated heterocycles. The van der Waals surface area contributed by atoms with Gasteiger partial charge in [-0.05, 0) is 36.1 Å². The van der Waals surface area contributed by atoms with E-state index >= 15 is 0 Å². The Labute approximate surface area is 227 Å². The molecule has 0 aromatic heterocycles. The smallest absolute Gasteiger partial charge is 0.328 e. The Kier molecular flexibility index (Phi) is 12.0. The van der Waals surface area contributed by atoms with Gasteiger partial charge in [0.15, 0.2) is 0 Å². The summed E-state index contributed by atoms with van der Waals surface area (Å²) in [7, 11) is 0. The normalized spacial score (nSPS) is 11.9. The first-order valence-corrected chi connectivity index (χ1v) is 12.1. The van der Waals surface area contributed by atoms with Crippen LogP contribution in [0.2, 0.25) is 0 Å². The maximum atomic E-state index is 14.5. The molecule has 0 unspecified atom stereocenters. The largest absolute Gasteiger partial charge is 0.481 e. The highest BCUT2D eigenvalue weighted by Crippen LogP contribution is 2.21. The van der Waals surface area contributed by atoms with Gasteiger partial charge >= 0.3 is 23.9 Å². The molecule has 40 heavy (non-hydrogen) atoms. The first-order chi connectivity index (χ1) is 19.0. The summed E-state index contributed by atoms with van der Waals surface area (Å²) in [4.78, 5) is 69.6. The number of hydrogen-bond donors (Lipinski definition) is 7. The molecular formula is C26H29FN4O9. The lowest BCUT2D eigenvalue weighted by molar-refractivity contribution is -0.142. The van der Waals surface area contributed by atoms with Crippen molar-refractivity contribution >= 4 is 35.8 Å². The Balaban J connectivity index is 1.77. The van der Waals surface area contributed by atoms with Crippen LogP contribution in [0.4, 0.5) is 9.18 Å². The van der Waals surface area contributed by atoms with Gasteiger partial charge in [-0.3, -0.25) is 14.4 Å². The summed E-state index contributed by atoms with van der Waals surface area (Å²) in [6, 6.07) is 9.13. The highest BCUT2D eigenvalue weighted by atomic mass is 19.1. The number of aliphatic carboxylic acids is 3. The van der Waals surface area contributed by atoms with Gasteiger partial charge < -0.3 is 36.6 Å². The van der Waals surface area contributed by atoms with E-state index in [1.165, 1.54) is 12.1 Å². The van der Waals surface area contributed by atoms with Gasteiger partial charge in [-0.15, -0.1) is 0 Å². The highest BCUT2D eigenvalue weighted by Gasteiger charge is 2.24. The predicted octanol–water partition coefficient (Wildman–Crippen LogP) is 1.19. The molecule has 13 nitrogen and oxygen atoms in total. The SMILES string of the molecule is O=C(O)CC[C@H](NC(=O)NC[C@@H](NC(=O)CCCNC(=O)c1ccc(-c2ccccc2)cc1F)C(=O)O)C(=O)O. The third kappa shape index (κ3) is 10.4. The zero-order valence-corrected chi connectivity index (χ0v) is 21.2. The molecule has 0 saturated carbocycles. The third-order valence-electron chi connectivity index (χ3n) is 5.54. The first-order valence-electron chi connectivity index (χ1n) is 12.1. The highest BCUT2D eigenvalue weighted by molar-refractivity contribution is 5.95. The summed E-state index contributed by atoms with van der Waals surface area (Å²) in [5.74, 6) is -6.30. The van der Waals surface area contributed by atoms with Crippen molar-refractivity contribution in [2.45, 2.75) is 37.8 Å². The second-order valence-electron chi connectivity index (χ2n) is 8.56. The van der Waals surface area contributed by atoms with Gasteiger partial charge in [0.2, 0.25) is 5.91 Å². The van der Waals surface area contributed by atoms with Crippen molar-refractivity contribution in [3.05, 3.63) is 59.9 Å². The number of carbonyl (C=O) groups is 6. The van der Waals surface area contributed by atoms with Gasteiger partial charge in [0.25, 0.3) is 5.91 Å². The molecule has 0 radical (unpaired) electrons. The lowest BCUT2D eigenvalue weighted by Crippen LogP contribution is -2.52. The van der Waals surface area contributed by atoms with Crippen molar-refractivity contribution in [3.8, 4) is 11.1 Å². The number of rotatable bonds is 15. The minimum Gasteiger partial charge on any atom is -0.481 e. The Bertz CT molecular complexity index is 1240. The standard InChI is InChI=1S/C26H29FN4O9/c27-18-13-16(15-5-2-1-3-6-15)8-9-17(18)23(35)28-12-4-7-21(32)30-20(25(38)39)14-29-26(40)31-19(24(36)37)10-11-22(33)34/h1-3,5-6,8-9,13,19-20H,4,7,10-12,14H2,(H,28,35)(H,30,32)(H,33,34)(H,36,37)(H,38,39)(H2,29,31,40)/t19-,20+/m0/s1. The number of amides is 4. The molecule has 2 atom stereocenters. The van der Waals surface area contributed by atoms with Crippen LogP contribution in [0.25, 0.3) is 11.1 Å². The molecular weight excluding hydrogens is 531 g/mol. The van der Waals surface area contributed by atoms with Crippen LogP contribution < -0.4 is 21.3 Å². The number of benzene rings is 2. The van der Waals surface area contributed by atoms with E-state index in [2.05, 4.69) is 16.0 Å². The Morgan fingerprint density at radius 1 is 0.775 bits per heavy atom. The van der Waals surface area contributed by atoms with Gasteiger partial charge in [-0.1, -0.05) is 36.4 Å². The van der Waals surface area contributed by atoms with Crippen LogP contribution in [0.1, 0.15) is 36.0 Å². The van der Waals surface area contributed by atoms with E-state index in [1.54, 1.807) is 30.3 Å². The molecule has 0 aliphatic heterocycles. The summed E-state index contributed by atoms with van der Waals surface area (Å²) >= 11 is 0. The minimum atomic E-state index is -1.55. The number of nitrogens with one attached hydrogen (secondary N) is 4. The summed E-state index contributed by atoms with van der Waals surface area (Å²) in [5.41, 5.74) is 1.22. The van der Waals surface area contributed by atoms with E-state index in [9.17, 15) is 38.3 Å². The Hall–Kier alpha value is -5.01. The number of carboxylic acid groups (broad SMARTS) is 3. The number of urea groups is 1. The topological polar surface area (TPSA) is 211 Å². The van der Waals surface area contributed by atoms with Crippen LogP contribution in [-0.2, 0) is 19.2 Å². The summed E-state index contributed by atoms with van der Waals surface area (Å²) in [6.07, 6.45) is -0.992. The van der Waals surface area contributed by atoms with E-state index in [0.29, 0.717) is 5.56 Å². The fourth-order valence-corrected chi connectivity index (χ4v) is 3.45. The average molecular weight is 561 g/mol. The van der Waals surface area contributed by atoms with Crippen LogP contribution in [0.15, 0.2) is 48.5 Å². The van der Waals surface area contributed by atoms with Gasteiger partial charge in [-0.25, -0.2) is 18.8 Å². The third-order valence-corrected chi connectivity index (χ3v) is 5.54. The van der Waals surface area contributed by atoms with E-state index in [1.807, 2.05) is 11.4 Å². The molecule has 4 amide bonds. The van der Waals surface area contributed by atoms with Crippen molar-refractivity contribution in [2.75, 3.05) is 13.1 Å². The average Bonchev–Trinajstić information content (AvgIpc) is 2.91. The Morgan fingerprint density at radius 2 is 1.45 bits per heavy atom. The summed E-state index contributed by atoms with van der Waals surface area (Å²) in [5, 5.41) is 35.8. The van der Waals surface area contributed by atoms with Crippen molar-refractivity contribution in [2.24, 2.45) is 0 Å². The molecule has 14 heteroatoms. The summed E-state index contributed by atoms with van der Waals surface area (Å²) < 4.78 is 14.5. The van der Waals surface area contributed by atoms with Crippen LogP contribution in [0.3, 0.4) is 0 Å². The molecule has 0 spiro atoms. The number of halogens is 1. The summed E-state index contributed by atoms with van der Waals surface area (Å²) in [6.45, 7) is -0.593. The molecule has 214 valence electrons. The molecule has 0 heterocycles. The monoisotopic (exact) mass is 560 g/mol. The molecule has 7 N–H and O–H groups in total. The first kappa shape index (κ1) is 31.2. The van der Waals surface area contributed by atoms with Crippen molar-refractivity contribution in [1.29, 1.82) is 0 Å². The number of hydrogen-bond acceptors (Lipinski definition) is 6. The predicted molar refractivity (Wildman–Crippen MR) is 138 cm³/mol. The lowest BCUT2D eigenvalue weighted by Gasteiger charge is -2.18. The van der Waals surface area contributed by atoms with Gasteiger partial charge in [0.05, 0.1) is 12.1 Å². The van der Waals surface area contributed by atoms with E-state index < -0.39 is 66.6 Å². The molecule has 0 aliphatic carbocycles. The lowest BCUT2D eigenvalue weighted by atomic mass is 10.0. The maximum absolute atomic E-state index is 14.5. The molecule has 0 aliphatic rings. The number of carboxylic acids is 3. The van der Waals surface area contributed by atoms with Gasteiger partial charge in [-0.2, -0.15) is 0 Å². The van der Waals surface area contributed by atoms with Crippen molar-refractivity contribution in [3.63, 3.8) is 0 Å². The van der Waals surface area contributed by atoms with Crippen molar-refractivity contribution in [1.82, 2.24) is 21.3 Å². The molecule has 2 rings (SSSR count). The second-order valence-corrected chi connectivity index (χ2v) is 8.56. The zero-order valence-electron chi connectivity index (χ0n) is 21.2. The van der Waals surface area contributed by atoms with Crippen LogP contribution in [-0.4, -0.2) is 76.2 Å². The fraction of sp³-hybridized carbons (Fsp3) is 0.308. The Morgan fingerprint density at radius 3 is 2.05 bits per heavy atom. The minimum absolute atomic E-state index is 0.00254.